The Morgan fingerprint density at radius 1 is 1.32 bits per heavy atom. The quantitative estimate of drug-likeness (QED) is 0.727. The number of hydrogen-bond acceptors (Lipinski definition) is 1. The lowest BCUT2D eigenvalue weighted by Crippen LogP contribution is -2.23. The largest absolute Gasteiger partial charge is 0.490 e. The van der Waals surface area contributed by atoms with E-state index in [4.69, 9.17) is 4.74 Å². The third kappa shape index (κ3) is 2.96. The van der Waals surface area contributed by atoms with Crippen molar-refractivity contribution < 1.29 is 9.13 Å². The minimum Gasteiger partial charge on any atom is -0.490 e. The van der Waals surface area contributed by atoms with Gasteiger partial charge in [-0.25, -0.2) is 4.39 Å². The van der Waals surface area contributed by atoms with Gasteiger partial charge in [0.1, 0.15) is 17.7 Å². The van der Waals surface area contributed by atoms with Crippen molar-refractivity contribution in [1.29, 1.82) is 0 Å². The predicted octanol–water partition coefficient (Wildman–Crippen LogP) is 4.72. The van der Waals surface area contributed by atoms with Crippen LogP contribution in [0, 0.1) is 17.7 Å². The smallest absolute Gasteiger partial charge is 0.123 e. The van der Waals surface area contributed by atoms with Crippen molar-refractivity contribution in [2.75, 3.05) is 5.33 Å². The molecule has 1 aromatic carbocycles. The molecular formula is C16H20BrFO. The molecule has 3 heteroatoms. The zero-order valence-corrected chi connectivity index (χ0v) is 12.7. The molecule has 0 aromatic heterocycles. The lowest BCUT2D eigenvalue weighted by atomic mass is 9.87. The molecule has 1 aliphatic carbocycles. The van der Waals surface area contributed by atoms with E-state index in [1.807, 2.05) is 0 Å². The fraction of sp³-hybridized carbons (Fsp3) is 0.625. The summed E-state index contributed by atoms with van der Waals surface area (Å²) in [6.45, 7) is 0. The predicted molar refractivity (Wildman–Crippen MR) is 78.4 cm³/mol. The molecule has 1 aromatic rings. The normalized spacial score (nSPS) is 24.2. The number of fused-ring (bicyclic) bond motifs is 1. The van der Waals surface area contributed by atoms with Crippen molar-refractivity contribution in [3.63, 3.8) is 0 Å². The molecule has 0 bridgehead atoms. The van der Waals surface area contributed by atoms with E-state index in [2.05, 4.69) is 15.9 Å². The second-order valence-electron chi connectivity index (χ2n) is 5.89. The Labute approximate surface area is 122 Å². The number of hydrogen-bond donors (Lipinski definition) is 0. The second kappa shape index (κ2) is 5.82. The van der Waals surface area contributed by atoms with Gasteiger partial charge in [-0.05, 0) is 36.5 Å². The maximum absolute atomic E-state index is 13.2. The molecule has 1 fully saturated rings. The molecule has 1 nitrogen and oxygen atoms in total. The summed E-state index contributed by atoms with van der Waals surface area (Å²) in [6.07, 6.45) is 7.68. The summed E-state index contributed by atoms with van der Waals surface area (Å²) in [5.41, 5.74) is 1.03. The highest BCUT2D eigenvalue weighted by Crippen LogP contribution is 2.38. The van der Waals surface area contributed by atoms with Gasteiger partial charge in [0.05, 0.1) is 0 Å². The Morgan fingerprint density at radius 3 is 2.84 bits per heavy atom. The topological polar surface area (TPSA) is 9.23 Å². The van der Waals surface area contributed by atoms with Gasteiger partial charge in [-0.3, -0.25) is 0 Å². The average Bonchev–Trinajstić information content (AvgIpc) is 3.04. The van der Waals surface area contributed by atoms with E-state index in [9.17, 15) is 4.39 Å². The Kier molecular flexibility index (Phi) is 4.11. The minimum atomic E-state index is -0.157. The van der Waals surface area contributed by atoms with Crippen LogP contribution in [0.1, 0.15) is 37.7 Å². The van der Waals surface area contributed by atoms with E-state index in [0.717, 1.165) is 35.4 Å². The average molecular weight is 327 g/mol. The maximum Gasteiger partial charge on any atom is 0.123 e. The molecule has 3 rings (SSSR count). The van der Waals surface area contributed by atoms with Crippen molar-refractivity contribution in [3.8, 4) is 5.75 Å². The Balaban J connectivity index is 1.62. The van der Waals surface area contributed by atoms with E-state index >= 15 is 0 Å². The van der Waals surface area contributed by atoms with Crippen LogP contribution in [0.15, 0.2) is 18.2 Å². The summed E-state index contributed by atoms with van der Waals surface area (Å²) in [5.74, 6) is 2.28. The molecule has 1 heterocycles. The van der Waals surface area contributed by atoms with Crippen LogP contribution in [-0.4, -0.2) is 11.4 Å². The third-order valence-corrected chi connectivity index (χ3v) is 5.43. The molecule has 0 spiro atoms. The molecular weight excluding hydrogens is 307 g/mol. The van der Waals surface area contributed by atoms with E-state index in [1.54, 1.807) is 12.1 Å². The first-order valence-electron chi connectivity index (χ1n) is 7.27. The Morgan fingerprint density at radius 2 is 2.11 bits per heavy atom. The highest BCUT2D eigenvalue weighted by atomic mass is 79.9. The third-order valence-electron chi connectivity index (χ3n) is 4.59. The number of rotatable bonds is 4. The molecule has 104 valence electrons. The molecule has 0 N–H and O–H groups in total. The molecule has 0 saturated heterocycles. The van der Waals surface area contributed by atoms with Gasteiger partial charge in [-0.2, -0.15) is 0 Å². The van der Waals surface area contributed by atoms with E-state index < -0.39 is 0 Å². The van der Waals surface area contributed by atoms with Gasteiger partial charge in [-0.15, -0.1) is 0 Å². The van der Waals surface area contributed by atoms with Gasteiger partial charge in [0.2, 0.25) is 0 Å². The van der Waals surface area contributed by atoms with Crippen molar-refractivity contribution in [2.45, 2.75) is 44.6 Å². The molecule has 2 unspecified atom stereocenters. The van der Waals surface area contributed by atoms with Gasteiger partial charge in [0.25, 0.3) is 0 Å². The van der Waals surface area contributed by atoms with Crippen LogP contribution in [0.3, 0.4) is 0 Å². The summed E-state index contributed by atoms with van der Waals surface area (Å²) in [6, 6.07) is 4.87. The Bertz CT molecular complexity index is 442. The van der Waals surface area contributed by atoms with Gasteiger partial charge < -0.3 is 4.74 Å². The molecule has 2 aliphatic rings. The summed E-state index contributed by atoms with van der Waals surface area (Å²) in [5, 5.41) is 1.06. The number of halogens is 2. The van der Waals surface area contributed by atoms with Crippen molar-refractivity contribution in [3.05, 3.63) is 29.6 Å². The zero-order valence-electron chi connectivity index (χ0n) is 11.1. The number of benzene rings is 1. The van der Waals surface area contributed by atoms with Crippen molar-refractivity contribution in [2.24, 2.45) is 11.8 Å². The van der Waals surface area contributed by atoms with Crippen LogP contribution in [0.25, 0.3) is 0 Å². The fourth-order valence-corrected chi connectivity index (χ4v) is 4.36. The lowest BCUT2D eigenvalue weighted by molar-refractivity contribution is 0.177. The second-order valence-corrected chi connectivity index (χ2v) is 6.54. The molecule has 1 aliphatic heterocycles. The first-order valence-corrected chi connectivity index (χ1v) is 8.39. The van der Waals surface area contributed by atoms with Crippen LogP contribution < -0.4 is 4.74 Å². The summed E-state index contributed by atoms with van der Waals surface area (Å²) in [7, 11) is 0. The summed E-state index contributed by atoms with van der Waals surface area (Å²) < 4.78 is 19.2. The Hall–Kier alpha value is -0.570. The lowest BCUT2D eigenvalue weighted by Gasteiger charge is -2.24. The minimum absolute atomic E-state index is 0.157. The summed E-state index contributed by atoms with van der Waals surface area (Å²) in [4.78, 5) is 0. The summed E-state index contributed by atoms with van der Waals surface area (Å²) >= 11 is 3.66. The van der Waals surface area contributed by atoms with Crippen LogP contribution >= 0.6 is 15.9 Å². The van der Waals surface area contributed by atoms with E-state index in [1.165, 1.54) is 31.7 Å². The van der Waals surface area contributed by atoms with Crippen molar-refractivity contribution >= 4 is 15.9 Å². The molecule has 1 saturated carbocycles. The van der Waals surface area contributed by atoms with Gasteiger partial charge in [-0.1, -0.05) is 41.6 Å². The zero-order chi connectivity index (χ0) is 13.2. The molecule has 19 heavy (non-hydrogen) atoms. The number of ether oxygens (including phenoxy) is 1. The number of alkyl halides is 1. The maximum atomic E-state index is 13.2. The van der Waals surface area contributed by atoms with Crippen LogP contribution in [0.5, 0.6) is 5.75 Å². The molecule has 2 atom stereocenters. The standard InChI is InChI=1S/C16H20BrFO/c17-10-13(11-3-1-2-4-11)9-15-8-12-7-14(18)5-6-16(12)19-15/h5-7,11,13,15H,1-4,8-10H2. The molecule has 0 radical (unpaired) electrons. The van der Waals surface area contributed by atoms with Crippen LogP contribution in [0.2, 0.25) is 0 Å². The fourth-order valence-electron chi connectivity index (χ4n) is 3.57. The van der Waals surface area contributed by atoms with E-state index in [-0.39, 0.29) is 11.9 Å². The van der Waals surface area contributed by atoms with Crippen LogP contribution in [0.4, 0.5) is 4.39 Å². The van der Waals surface area contributed by atoms with Gasteiger partial charge in [0.15, 0.2) is 0 Å². The first-order chi connectivity index (χ1) is 9.26. The SMILES string of the molecule is Fc1ccc2c(c1)CC(CC(CBr)C1CCCC1)O2. The van der Waals surface area contributed by atoms with Gasteiger partial charge in [0, 0.05) is 17.3 Å². The highest BCUT2D eigenvalue weighted by Gasteiger charge is 2.30. The van der Waals surface area contributed by atoms with Crippen molar-refractivity contribution in [1.82, 2.24) is 0 Å². The first kappa shape index (κ1) is 13.4. The van der Waals surface area contributed by atoms with Gasteiger partial charge >= 0.3 is 0 Å². The van der Waals surface area contributed by atoms with E-state index in [0.29, 0.717) is 5.92 Å². The highest BCUT2D eigenvalue weighted by molar-refractivity contribution is 9.09. The van der Waals surface area contributed by atoms with Crippen LogP contribution in [-0.2, 0) is 6.42 Å². The monoisotopic (exact) mass is 326 g/mol. The molecule has 0 amide bonds.